The Hall–Kier alpha value is -3.81. The van der Waals surface area contributed by atoms with Crippen molar-refractivity contribution in [3.8, 4) is 17.0 Å². The van der Waals surface area contributed by atoms with Gasteiger partial charge in [-0.05, 0) is 37.1 Å². The molecule has 8 nitrogen and oxygen atoms in total. The Bertz CT molecular complexity index is 1390. The highest BCUT2D eigenvalue weighted by Gasteiger charge is 2.18. The molecule has 0 saturated carbocycles. The first kappa shape index (κ1) is 19.2. The average molecular weight is 413 g/mol. The van der Waals surface area contributed by atoms with Gasteiger partial charge < -0.3 is 4.74 Å². The first-order valence-corrected chi connectivity index (χ1v) is 10.2. The lowest BCUT2D eigenvalue weighted by atomic mass is 10.1. The zero-order chi connectivity index (χ0) is 21.5. The molecule has 4 aromatic heterocycles. The summed E-state index contributed by atoms with van der Waals surface area (Å²) in [6, 6.07) is 7.91. The number of fused-ring (bicyclic) bond motifs is 2. The molecule has 0 fully saturated rings. The standard InChI is InChI=1S/C23H23N7O/c1-13(2)19-10-20-23(25-8-7-24-20)21(27-19)14(3)31-16-5-6-18-17(9-16)22(29-28-18)15-11-26-30(4)12-15/h5-14H,1-4H3,(H,28,29). The first-order chi connectivity index (χ1) is 15.0. The molecule has 0 bridgehead atoms. The van der Waals surface area contributed by atoms with Crippen LogP contribution in [0.1, 0.15) is 44.2 Å². The number of benzene rings is 1. The van der Waals surface area contributed by atoms with Crippen molar-refractivity contribution >= 4 is 21.9 Å². The zero-order valence-corrected chi connectivity index (χ0v) is 17.9. The molecule has 8 heteroatoms. The second-order valence-corrected chi connectivity index (χ2v) is 7.95. The smallest absolute Gasteiger partial charge is 0.140 e. The van der Waals surface area contributed by atoms with Crippen molar-refractivity contribution in [2.75, 3.05) is 0 Å². The van der Waals surface area contributed by atoms with Gasteiger partial charge in [0.05, 0.1) is 17.2 Å². The van der Waals surface area contributed by atoms with Crippen LogP contribution >= 0.6 is 0 Å². The SMILES string of the molecule is CC(C)c1cc2nccnc2c(C(C)Oc2ccc3[nH]nc(-c4cnn(C)c4)c3c2)n1. The normalized spacial score (nSPS) is 12.7. The van der Waals surface area contributed by atoms with Gasteiger partial charge in [0.25, 0.3) is 0 Å². The molecular weight excluding hydrogens is 390 g/mol. The van der Waals surface area contributed by atoms with E-state index in [2.05, 4.69) is 39.1 Å². The van der Waals surface area contributed by atoms with Crippen molar-refractivity contribution in [1.82, 2.24) is 34.9 Å². The molecule has 1 unspecified atom stereocenters. The van der Waals surface area contributed by atoms with Crippen molar-refractivity contribution in [3.05, 3.63) is 60.4 Å². The van der Waals surface area contributed by atoms with E-state index in [9.17, 15) is 0 Å². The summed E-state index contributed by atoms with van der Waals surface area (Å²) in [6.07, 6.45) is 6.83. The third-order valence-corrected chi connectivity index (χ3v) is 5.31. The van der Waals surface area contributed by atoms with Crippen LogP contribution in [0.4, 0.5) is 0 Å². The van der Waals surface area contributed by atoms with Crippen molar-refractivity contribution in [3.63, 3.8) is 0 Å². The van der Waals surface area contributed by atoms with Crippen LogP contribution in [0.2, 0.25) is 0 Å². The summed E-state index contributed by atoms with van der Waals surface area (Å²) in [5, 5.41) is 12.8. The first-order valence-electron chi connectivity index (χ1n) is 10.2. The maximum Gasteiger partial charge on any atom is 0.140 e. The third kappa shape index (κ3) is 3.50. The van der Waals surface area contributed by atoms with E-state index in [0.29, 0.717) is 0 Å². The van der Waals surface area contributed by atoms with E-state index in [-0.39, 0.29) is 12.0 Å². The lowest BCUT2D eigenvalue weighted by Gasteiger charge is -2.17. The van der Waals surface area contributed by atoms with Gasteiger partial charge in [0.2, 0.25) is 0 Å². The lowest BCUT2D eigenvalue weighted by Crippen LogP contribution is -2.09. The summed E-state index contributed by atoms with van der Waals surface area (Å²) in [7, 11) is 1.89. The van der Waals surface area contributed by atoms with E-state index in [1.807, 2.05) is 44.4 Å². The second-order valence-electron chi connectivity index (χ2n) is 7.95. The molecule has 5 aromatic rings. The Labute approximate surface area is 179 Å². The molecule has 1 N–H and O–H groups in total. The van der Waals surface area contributed by atoms with Gasteiger partial charge in [0, 0.05) is 42.3 Å². The molecule has 0 aliphatic rings. The Morgan fingerprint density at radius 1 is 1.06 bits per heavy atom. The van der Waals surface area contributed by atoms with Crippen molar-refractivity contribution in [2.24, 2.45) is 7.05 Å². The van der Waals surface area contributed by atoms with Gasteiger partial charge in [-0.3, -0.25) is 24.7 Å². The molecular formula is C23H23N7O. The minimum atomic E-state index is -0.302. The van der Waals surface area contributed by atoms with Gasteiger partial charge in [-0.2, -0.15) is 10.2 Å². The van der Waals surface area contributed by atoms with E-state index in [1.54, 1.807) is 23.3 Å². The zero-order valence-electron chi connectivity index (χ0n) is 17.9. The van der Waals surface area contributed by atoms with E-state index in [4.69, 9.17) is 9.72 Å². The number of pyridine rings is 1. The molecule has 0 aliphatic carbocycles. The minimum Gasteiger partial charge on any atom is -0.484 e. The van der Waals surface area contributed by atoms with Crippen LogP contribution in [0.25, 0.3) is 33.2 Å². The van der Waals surface area contributed by atoms with E-state index in [0.717, 1.165) is 50.3 Å². The van der Waals surface area contributed by atoms with Gasteiger partial charge in [0.1, 0.15) is 28.8 Å². The van der Waals surface area contributed by atoms with Gasteiger partial charge in [-0.15, -0.1) is 0 Å². The van der Waals surface area contributed by atoms with Gasteiger partial charge in [-0.1, -0.05) is 13.8 Å². The van der Waals surface area contributed by atoms with Crippen LogP contribution in [0.5, 0.6) is 5.75 Å². The monoisotopic (exact) mass is 413 g/mol. The summed E-state index contributed by atoms with van der Waals surface area (Å²) < 4.78 is 8.09. The Morgan fingerprint density at radius 3 is 2.68 bits per heavy atom. The molecule has 156 valence electrons. The van der Waals surface area contributed by atoms with Crippen molar-refractivity contribution < 1.29 is 4.74 Å². The quantitative estimate of drug-likeness (QED) is 0.454. The molecule has 0 aliphatic heterocycles. The number of nitrogens with zero attached hydrogens (tertiary/aromatic N) is 6. The predicted molar refractivity (Wildman–Crippen MR) is 119 cm³/mol. The molecule has 0 spiro atoms. The number of aryl methyl sites for hydroxylation is 1. The maximum absolute atomic E-state index is 6.32. The molecule has 1 aromatic carbocycles. The lowest BCUT2D eigenvalue weighted by molar-refractivity contribution is 0.223. The number of H-pyrrole nitrogens is 1. The molecule has 31 heavy (non-hydrogen) atoms. The van der Waals surface area contributed by atoms with Crippen LogP contribution in [-0.2, 0) is 7.05 Å². The number of hydrogen-bond acceptors (Lipinski definition) is 6. The van der Waals surface area contributed by atoms with Crippen LogP contribution in [0.3, 0.4) is 0 Å². The molecule has 0 radical (unpaired) electrons. The summed E-state index contributed by atoms with van der Waals surface area (Å²) in [4.78, 5) is 13.8. The van der Waals surface area contributed by atoms with Crippen molar-refractivity contribution in [2.45, 2.75) is 32.8 Å². The van der Waals surface area contributed by atoms with E-state index >= 15 is 0 Å². The molecule has 0 amide bonds. The minimum absolute atomic E-state index is 0.279. The second kappa shape index (κ2) is 7.46. The van der Waals surface area contributed by atoms with Gasteiger partial charge in [0.15, 0.2) is 0 Å². The number of nitrogens with one attached hydrogen (secondary N) is 1. The fourth-order valence-electron chi connectivity index (χ4n) is 3.69. The Balaban J connectivity index is 1.53. The predicted octanol–water partition coefficient (Wildman–Crippen LogP) is 4.57. The maximum atomic E-state index is 6.32. The number of hydrogen-bond donors (Lipinski definition) is 1. The fraction of sp³-hybridized carbons (Fsp3) is 0.261. The molecule has 5 rings (SSSR count). The highest BCUT2D eigenvalue weighted by atomic mass is 16.5. The van der Waals surface area contributed by atoms with E-state index in [1.165, 1.54) is 0 Å². The van der Waals surface area contributed by atoms with Crippen LogP contribution in [0, 0.1) is 0 Å². The molecule has 0 saturated heterocycles. The van der Waals surface area contributed by atoms with Crippen LogP contribution < -0.4 is 4.74 Å². The fourth-order valence-corrected chi connectivity index (χ4v) is 3.69. The highest BCUT2D eigenvalue weighted by Crippen LogP contribution is 2.32. The third-order valence-electron chi connectivity index (χ3n) is 5.31. The highest BCUT2D eigenvalue weighted by molar-refractivity contribution is 5.93. The van der Waals surface area contributed by atoms with Crippen LogP contribution in [-0.4, -0.2) is 34.9 Å². The summed E-state index contributed by atoms with van der Waals surface area (Å²) in [5.41, 5.74) is 6.09. The van der Waals surface area contributed by atoms with E-state index < -0.39 is 0 Å². The summed E-state index contributed by atoms with van der Waals surface area (Å²) in [5.74, 6) is 1.02. The number of aromatic nitrogens is 7. The number of rotatable bonds is 5. The average Bonchev–Trinajstić information content (AvgIpc) is 3.38. The number of aromatic amines is 1. The molecule has 1 atom stereocenters. The topological polar surface area (TPSA) is 94.4 Å². The Kier molecular flexibility index (Phi) is 4.62. The van der Waals surface area contributed by atoms with Gasteiger partial charge in [-0.25, -0.2) is 0 Å². The number of ether oxygens (including phenoxy) is 1. The summed E-state index contributed by atoms with van der Waals surface area (Å²) in [6.45, 7) is 6.22. The Morgan fingerprint density at radius 2 is 1.90 bits per heavy atom. The largest absolute Gasteiger partial charge is 0.484 e. The molecule has 4 heterocycles. The van der Waals surface area contributed by atoms with Crippen molar-refractivity contribution in [1.29, 1.82) is 0 Å². The van der Waals surface area contributed by atoms with Crippen LogP contribution in [0.15, 0.2) is 49.1 Å². The summed E-state index contributed by atoms with van der Waals surface area (Å²) >= 11 is 0. The van der Waals surface area contributed by atoms with Gasteiger partial charge >= 0.3 is 0 Å².